The molecule has 0 bridgehead atoms. The second-order valence-electron chi connectivity index (χ2n) is 3.83. The van der Waals surface area contributed by atoms with Crippen molar-refractivity contribution in [2.24, 2.45) is 5.73 Å². The van der Waals surface area contributed by atoms with E-state index in [1.165, 1.54) is 0 Å². The number of methoxy groups -OCH3 is 1. The van der Waals surface area contributed by atoms with Gasteiger partial charge in [-0.2, -0.15) is 0 Å². The number of ether oxygens (including phenoxy) is 1. The first-order chi connectivity index (χ1) is 8.26. The molecule has 5 nitrogen and oxygen atoms in total. The molecular formula is C12H16N4O. The molecule has 1 heterocycles. The van der Waals surface area contributed by atoms with Crippen LogP contribution in [0.4, 0.5) is 0 Å². The lowest BCUT2D eigenvalue weighted by molar-refractivity contribution is 0.412. The molecule has 0 spiro atoms. The molecule has 90 valence electrons. The van der Waals surface area contributed by atoms with Gasteiger partial charge >= 0.3 is 0 Å². The standard InChI is InChI=1S/C12H16N4O/c1-9-3-4-11(17-2)10(7-9)16-8-14-15-12(16)5-6-13/h3-4,7-8H,5-6,13H2,1-2H3. The minimum Gasteiger partial charge on any atom is -0.495 e. The quantitative estimate of drug-likeness (QED) is 0.856. The summed E-state index contributed by atoms with van der Waals surface area (Å²) in [5.41, 5.74) is 7.66. The summed E-state index contributed by atoms with van der Waals surface area (Å²) in [5, 5.41) is 7.99. The fourth-order valence-electron chi connectivity index (χ4n) is 1.75. The summed E-state index contributed by atoms with van der Waals surface area (Å²) >= 11 is 0. The average molecular weight is 232 g/mol. The molecule has 5 heteroatoms. The zero-order valence-corrected chi connectivity index (χ0v) is 10.1. The molecule has 0 aliphatic heterocycles. The molecule has 2 rings (SSSR count). The molecule has 0 unspecified atom stereocenters. The molecule has 0 aliphatic carbocycles. The number of rotatable bonds is 4. The third-order valence-corrected chi connectivity index (χ3v) is 2.58. The Balaban J connectivity index is 2.51. The maximum absolute atomic E-state index is 5.55. The number of aromatic nitrogens is 3. The lowest BCUT2D eigenvalue weighted by Gasteiger charge is -2.11. The summed E-state index contributed by atoms with van der Waals surface area (Å²) in [7, 11) is 1.65. The average Bonchev–Trinajstić information content (AvgIpc) is 2.77. The van der Waals surface area contributed by atoms with Gasteiger partial charge in [-0.3, -0.25) is 4.57 Å². The van der Waals surface area contributed by atoms with Crippen molar-refractivity contribution < 1.29 is 4.74 Å². The van der Waals surface area contributed by atoms with Crippen LogP contribution in [0.2, 0.25) is 0 Å². The molecule has 0 fully saturated rings. The van der Waals surface area contributed by atoms with Gasteiger partial charge in [-0.15, -0.1) is 10.2 Å². The highest BCUT2D eigenvalue weighted by Gasteiger charge is 2.10. The maximum Gasteiger partial charge on any atom is 0.142 e. The molecular weight excluding hydrogens is 216 g/mol. The number of benzene rings is 1. The number of aryl methyl sites for hydroxylation is 1. The summed E-state index contributed by atoms with van der Waals surface area (Å²) < 4.78 is 7.26. The second-order valence-corrected chi connectivity index (χ2v) is 3.83. The molecule has 0 saturated carbocycles. The third kappa shape index (κ3) is 2.29. The molecule has 0 saturated heterocycles. The van der Waals surface area contributed by atoms with Crippen LogP contribution in [0.3, 0.4) is 0 Å². The Hall–Kier alpha value is -1.88. The smallest absolute Gasteiger partial charge is 0.142 e. The predicted octanol–water partition coefficient (Wildman–Crippen LogP) is 1.09. The molecule has 17 heavy (non-hydrogen) atoms. The van der Waals surface area contributed by atoms with Gasteiger partial charge < -0.3 is 10.5 Å². The first kappa shape index (κ1) is 11.6. The molecule has 0 atom stereocenters. The van der Waals surface area contributed by atoms with Crippen LogP contribution in [-0.4, -0.2) is 28.4 Å². The normalized spacial score (nSPS) is 10.5. The van der Waals surface area contributed by atoms with Crippen LogP contribution in [0.25, 0.3) is 5.69 Å². The number of hydrogen-bond donors (Lipinski definition) is 1. The Kier molecular flexibility index (Phi) is 3.39. The summed E-state index contributed by atoms with van der Waals surface area (Å²) in [4.78, 5) is 0. The SMILES string of the molecule is COc1ccc(C)cc1-n1cnnc1CCN. The second kappa shape index (κ2) is 4.97. The van der Waals surface area contributed by atoms with E-state index in [1.54, 1.807) is 13.4 Å². The van der Waals surface area contributed by atoms with Gasteiger partial charge in [0.25, 0.3) is 0 Å². The molecule has 1 aromatic heterocycles. The Bertz CT molecular complexity index is 507. The maximum atomic E-state index is 5.55. The third-order valence-electron chi connectivity index (χ3n) is 2.58. The van der Waals surface area contributed by atoms with Gasteiger partial charge in [0.1, 0.15) is 17.9 Å². The number of nitrogens with zero attached hydrogens (tertiary/aromatic N) is 3. The molecule has 0 aliphatic rings. The van der Waals surface area contributed by atoms with Crippen molar-refractivity contribution in [3.63, 3.8) is 0 Å². The van der Waals surface area contributed by atoms with Gasteiger partial charge in [-0.1, -0.05) is 6.07 Å². The minimum absolute atomic E-state index is 0.548. The first-order valence-electron chi connectivity index (χ1n) is 5.50. The Morgan fingerprint density at radius 1 is 1.41 bits per heavy atom. The van der Waals surface area contributed by atoms with Crippen LogP contribution < -0.4 is 10.5 Å². The van der Waals surface area contributed by atoms with Gasteiger partial charge in [0.2, 0.25) is 0 Å². The van der Waals surface area contributed by atoms with Crippen LogP contribution in [0.5, 0.6) is 5.75 Å². The highest BCUT2D eigenvalue weighted by molar-refractivity contribution is 5.49. The van der Waals surface area contributed by atoms with Gasteiger partial charge in [-0.25, -0.2) is 0 Å². The van der Waals surface area contributed by atoms with E-state index in [-0.39, 0.29) is 0 Å². The van der Waals surface area contributed by atoms with Crippen molar-refractivity contribution in [2.45, 2.75) is 13.3 Å². The van der Waals surface area contributed by atoms with E-state index in [2.05, 4.69) is 10.2 Å². The summed E-state index contributed by atoms with van der Waals surface area (Å²) in [6.07, 6.45) is 2.37. The first-order valence-corrected chi connectivity index (χ1v) is 5.50. The summed E-state index contributed by atoms with van der Waals surface area (Å²) in [5.74, 6) is 1.64. The Morgan fingerprint density at radius 3 is 2.94 bits per heavy atom. The number of nitrogens with two attached hydrogens (primary N) is 1. The zero-order chi connectivity index (χ0) is 12.3. The topological polar surface area (TPSA) is 66.0 Å². The summed E-state index contributed by atoms with van der Waals surface area (Å²) in [6.45, 7) is 2.59. The van der Waals surface area contributed by atoms with Crippen molar-refractivity contribution in [2.75, 3.05) is 13.7 Å². The van der Waals surface area contributed by atoms with E-state index in [0.29, 0.717) is 13.0 Å². The lowest BCUT2D eigenvalue weighted by atomic mass is 10.2. The van der Waals surface area contributed by atoms with Crippen molar-refractivity contribution >= 4 is 0 Å². The van der Waals surface area contributed by atoms with Gasteiger partial charge in [0, 0.05) is 6.42 Å². The van der Waals surface area contributed by atoms with Crippen LogP contribution in [-0.2, 0) is 6.42 Å². The largest absolute Gasteiger partial charge is 0.495 e. The van der Waals surface area contributed by atoms with Crippen molar-refractivity contribution in [3.05, 3.63) is 35.9 Å². The van der Waals surface area contributed by atoms with Crippen molar-refractivity contribution in [1.82, 2.24) is 14.8 Å². The monoisotopic (exact) mass is 232 g/mol. The summed E-state index contributed by atoms with van der Waals surface area (Å²) in [6, 6.07) is 5.99. The molecule has 0 amide bonds. The van der Waals surface area contributed by atoms with E-state index in [4.69, 9.17) is 10.5 Å². The molecule has 2 N–H and O–H groups in total. The Labute approximate surface area is 100 Å². The van der Waals surface area contributed by atoms with Gasteiger partial charge in [-0.05, 0) is 31.2 Å². The van der Waals surface area contributed by atoms with E-state index < -0.39 is 0 Å². The van der Waals surface area contributed by atoms with Crippen LogP contribution in [0, 0.1) is 6.92 Å². The van der Waals surface area contributed by atoms with Crippen molar-refractivity contribution in [1.29, 1.82) is 0 Å². The van der Waals surface area contributed by atoms with Crippen LogP contribution in [0.15, 0.2) is 24.5 Å². The lowest BCUT2D eigenvalue weighted by Crippen LogP contribution is -2.09. The highest BCUT2D eigenvalue weighted by Crippen LogP contribution is 2.24. The zero-order valence-electron chi connectivity index (χ0n) is 10.1. The van der Waals surface area contributed by atoms with Crippen LogP contribution >= 0.6 is 0 Å². The van der Waals surface area contributed by atoms with Crippen molar-refractivity contribution in [3.8, 4) is 11.4 Å². The van der Waals surface area contributed by atoms with E-state index in [1.807, 2.05) is 29.7 Å². The predicted molar refractivity (Wildman–Crippen MR) is 65.4 cm³/mol. The van der Waals surface area contributed by atoms with E-state index in [9.17, 15) is 0 Å². The molecule has 1 aromatic carbocycles. The van der Waals surface area contributed by atoms with E-state index in [0.717, 1.165) is 22.8 Å². The van der Waals surface area contributed by atoms with Crippen LogP contribution in [0.1, 0.15) is 11.4 Å². The Morgan fingerprint density at radius 2 is 2.24 bits per heavy atom. The molecule has 2 aromatic rings. The van der Waals surface area contributed by atoms with Gasteiger partial charge in [0.15, 0.2) is 0 Å². The number of hydrogen-bond acceptors (Lipinski definition) is 4. The van der Waals surface area contributed by atoms with Gasteiger partial charge in [0.05, 0.1) is 12.8 Å². The fraction of sp³-hybridized carbons (Fsp3) is 0.333. The highest BCUT2D eigenvalue weighted by atomic mass is 16.5. The van der Waals surface area contributed by atoms with E-state index >= 15 is 0 Å². The fourth-order valence-corrected chi connectivity index (χ4v) is 1.75. The minimum atomic E-state index is 0.548. The molecule has 0 radical (unpaired) electrons.